The SMILES string of the molecule is CS(=O)(=O)Nc1cccc(NC(=O)C2Cc3cc(Cl)ccc3O2)c1. The zero-order valence-corrected chi connectivity index (χ0v) is 14.3. The Morgan fingerprint density at radius 2 is 1.96 bits per heavy atom. The summed E-state index contributed by atoms with van der Waals surface area (Å²) in [6.07, 6.45) is 0.848. The molecule has 1 aliphatic rings. The van der Waals surface area contributed by atoms with E-state index in [9.17, 15) is 13.2 Å². The van der Waals surface area contributed by atoms with Crippen LogP contribution in [0.2, 0.25) is 5.02 Å². The molecule has 1 heterocycles. The van der Waals surface area contributed by atoms with Crippen LogP contribution in [0.5, 0.6) is 5.75 Å². The van der Waals surface area contributed by atoms with E-state index in [2.05, 4.69) is 10.0 Å². The van der Waals surface area contributed by atoms with Crippen molar-refractivity contribution in [3.05, 3.63) is 53.1 Å². The molecule has 24 heavy (non-hydrogen) atoms. The number of benzene rings is 2. The number of nitrogens with one attached hydrogen (secondary N) is 2. The number of fused-ring (bicyclic) bond motifs is 1. The Morgan fingerprint density at radius 1 is 1.21 bits per heavy atom. The summed E-state index contributed by atoms with van der Waals surface area (Å²) < 4.78 is 30.5. The van der Waals surface area contributed by atoms with Gasteiger partial charge in [0.15, 0.2) is 6.10 Å². The molecular formula is C16H15ClN2O4S. The van der Waals surface area contributed by atoms with Crippen molar-refractivity contribution in [2.75, 3.05) is 16.3 Å². The van der Waals surface area contributed by atoms with Crippen LogP contribution in [0, 0.1) is 0 Å². The van der Waals surface area contributed by atoms with E-state index in [0.29, 0.717) is 28.6 Å². The number of hydrogen-bond acceptors (Lipinski definition) is 4. The fraction of sp³-hybridized carbons (Fsp3) is 0.188. The minimum absolute atomic E-state index is 0.307. The van der Waals surface area contributed by atoms with Gasteiger partial charge in [0.1, 0.15) is 5.75 Å². The van der Waals surface area contributed by atoms with Gasteiger partial charge in [-0.2, -0.15) is 0 Å². The molecule has 8 heteroatoms. The second kappa shape index (κ2) is 6.33. The smallest absolute Gasteiger partial charge is 0.265 e. The first-order valence-electron chi connectivity index (χ1n) is 7.14. The normalized spacial score (nSPS) is 16.2. The number of sulfonamides is 1. The van der Waals surface area contributed by atoms with Gasteiger partial charge in [-0.05, 0) is 42.0 Å². The highest BCUT2D eigenvalue weighted by atomic mass is 35.5. The van der Waals surface area contributed by atoms with Crippen LogP contribution >= 0.6 is 11.6 Å². The van der Waals surface area contributed by atoms with E-state index in [1.54, 1.807) is 36.4 Å². The number of ether oxygens (including phenoxy) is 1. The Hall–Kier alpha value is -2.25. The third-order valence-corrected chi connectivity index (χ3v) is 4.26. The molecule has 1 atom stereocenters. The van der Waals surface area contributed by atoms with E-state index in [4.69, 9.17) is 16.3 Å². The van der Waals surface area contributed by atoms with Gasteiger partial charge in [0.2, 0.25) is 10.0 Å². The average molecular weight is 367 g/mol. The summed E-state index contributed by atoms with van der Waals surface area (Å²) in [5.41, 5.74) is 1.74. The monoisotopic (exact) mass is 366 g/mol. The van der Waals surface area contributed by atoms with Gasteiger partial charge in [0.25, 0.3) is 5.91 Å². The molecule has 2 N–H and O–H groups in total. The highest BCUT2D eigenvalue weighted by Gasteiger charge is 2.29. The zero-order chi connectivity index (χ0) is 17.3. The summed E-state index contributed by atoms with van der Waals surface area (Å²) in [6, 6.07) is 11.7. The lowest BCUT2D eigenvalue weighted by atomic mass is 10.1. The summed E-state index contributed by atoms with van der Waals surface area (Å²) in [5.74, 6) is 0.339. The van der Waals surface area contributed by atoms with E-state index in [-0.39, 0.29) is 5.91 Å². The molecule has 1 aliphatic heterocycles. The third-order valence-electron chi connectivity index (χ3n) is 3.42. The van der Waals surface area contributed by atoms with E-state index in [0.717, 1.165) is 11.8 Å². The van der Waals surface area contributed by atoms with Crippen molar-refractivity contribution in [3.63, 3.8) is 0 Å². The van der Waals surface area contributed by atoms with Crippen LogP contribution < -0.4 is 14.8 Å². The van der Waals surface area contributed by atoms with Gasteiger partial charge < -0.3 is 10.1 Å². The largest absolute Gasteiger partial charge is 0.480 e. The van der Waals surface area contributed by atoms with Crippen molar-refractivity contribution in [1.82, 2.24) is 0 Å². The number of carbonyl (C=O) groups excluding carboxylic acids is 1. The van der Waals surface area contributed by atoms with E-state index in [1.165, 1.54) is 6.07 Å². The van der Waals surface area contributed by atoms with E-state index in [1.807, 2.05) is 0 Å². The molecule has 2 aromatic carbocycles. The van der Waals surface area contributed by atoms with Gasteiger partial charge in [0, 0.05) is 17.1 Å². The molecule has 126 valence electrons. The van der Waals surface area contributed by atoms with Crippen LogP contribution in [0.3, 0.4) is 0 Å². The summed E-state index contributed by atoms with van der Waals surface area (Å²) in [6.45, 7) is 0. The summed E-state index contributed by atoms with van der Waals surface area (Å²) in [7, 11) is -3.38. The first-order chi connectivity index (χ1) is 11.3. The molecular weight excluding hydrogens is 352 g/mol. The Labute approximate surface area is 144 Å². The molecule has 0 radical (unpaired) electrons. The van der Waals surface area contributed by atoms with Crippen molar-refractivity contribution in [3.8, 4) is 5.75 Å². The Morgan fingerprint density at radius 3 is 2.71 bits per heavy atom. The molecule has 0 saturated heterocycles. The van der Waals surface area contributed by atoms with Crippen molar-refractivity contribution >= 4 is 38.9 Å². The fourth-order valence-electron chi connectivity index (χ4n) is 2.46. The number of amides is 1. The van der Waals surface area contributed by atoms with Crippen LogP contribution in [0.25, 0.3) is 0 Å². The lowest BCUT2D eigenvalue weighted by Gasteiger charge is -2.12. The molecule has 3 rings (SSSR count). The second-order valence-corrected chi connectivity index (χ2v) is 7.69. The predicted octanol–water partition coefficient (Wildman–Crippen LogP) is 2.65. The highest BCUT2D eigenvalue weighted by Crippen LogP contribution is 2.31. The fourth-order valence-corrected chi connectivity index (χ4v) is 3.21. The molecule has 0 aliphatic carbocycles. The molecule has 0 aromatic heterocycles. The summed E-state index contributed by atoms with van der Waals surface area (Å²) in [5, 5.41) is 3.32. The van der Waals surface area contributed by atoms with Crippen molar-refractivity contribution in [2.45, 2.75) is 12.5 Å². The van der Waals surface area contributed by atoms with Gasteiger partial charge in [-0.15, -0.1) is 0 Å². The minimum Gasteiger partial charge on any atom is -0.480 e. The minimum atomic E-state index is -3.38. The predicted molar refractivity (Wildman–Crippen MR) is 93.1 cm³/mol. The molecule has 1 amide bonds. The highest BCUT2D eigenvalue weighted by molar-refractivity contribution is 7.92. The van der Waals surface area contributed by atoms with Gasteiger partial charge in [-0.1, -0.05) is 17.7 Å². The average Bonchev–Trinajstić information content (AvgIpc) is 2.89. The first kappa shape index (κ1) is 16.6. The maximum absolute atomic E-state index is 12.4. The zero-order valence-electron chi connectivity index (χ0n) is 12.7. The lowest BCUT2D eigenvalue weighted by molar-refractivity contribution is -0.122. The molecule has 0 spiro atoms. The van der Waals surface area contributed by atoms with E-state index >= 15 is 0 Å². The van der Waals surface area contributed by atoms with Crippen LogP contribution in [0.1, 0.15) is 5.56 Å². The first-order valence-corrected chi connectivity index (χ1v) is 9.41. The van der Waals surface area contributed by atoms with E-state index < -0.39 is 16.1 Å². The molecule has 2 aromatic rings. The van der Waals surface area contributed by atoms with Gasteiger partial charge >= 0.3 is 0 Å². The van der Waals surface area contributed by atoms with Crippen molar-refractivity contribution in [2.24, 2.45) is 0 Å². The number of carbonyl (C=O) groups is 1. The van der Waals surface area contributed by atoms with Crippen molar-refractivity contribution < 1.29 is 17.9 Å². The van der Waals surface area contributed by atoms with Crippen molar-refractivity contribution in [1.29, 1.82) is 0 Å². The second-order valence-electron chi connectivity index (χ2n) is 5.51. The van der Waals surface area contributed by atoms with Crippen LogP contribution in [0.4, 0.5) is 11.4 Å². The molecule has 1 unspecified atom stereocenters. The van der Waals surface area contributed by atoms with Crippen LogP contribution in [-0.2, 0) is 21.2 Å². The van der Waals surface area contributed by atoms with Gasteiger partial charge in [-0.25, -0.2) is 8.42 Å². The number of hydrogen-bond donors (Lipinski definition) is 2. The maximum atomic E-state index is 12.4. The number of anilines is 2. The third kappa shape index (κ3) is 3.98. The Bertz CT molecular complexity index is 899. The molecule has 0 fully saturated rings. The topological polar surface area (TPSA) is 84.5 Å². The van der Waals surface area contributed by atoms with Gasteiger partial charge in [0.05, 0.1) is 11.9 Å². The Balaban J connectivity index is 1.69. The Kier molecular flexibility index (Phi) is 4.38. The lowest BCUT2D eigenvalue weighted by Crippen LogP contribution is -2.31. The summed E-state index contributed by atoms with van der Waals surface area (Å²) in [4.78, 5) is 12.4. The van der Waals surface area contributed by atoms with Gasteiger partial charge in [-0.3, -0.25) is 9.52 Å². The molecule has 0 saturated carbocycles. The van der Waals surface area contributed by atoms with Crippen LogP contribution in [-0.4, -0.2) is 26.7 Å². The summed E-state index contributed by atoms with van der Waals surface area (Å²) >= 11 is 5.94. The molecule has 0 bridgehead atoms. The standard InChI is InChI=1S/C16H15ClN2O4S/c1-24(21,22)19-13-4-2-3-12(9-13)18-16(20)15-8-10-7-11(17)5-6-14(10)23-15/h2-7,9,15,19H,8H2,1H3,(H,18,20). The maximum Gasteiger partial charge on any atom is 0.265 e. The molecule has 6 nitrogen and oxygen atoms in total. The number of rotatable bonds is 4. The number of halogens is 1. The quantitative estimate of drug-likeness (QED) is 0.871. The van der Waals surface area contributed by atoms with Crippen LogP contribution in [0.15, 0.2) is 42.5 Å².